The third-order valence-corrected chi connectivity index (χ3v) is 5.63. The van der Waals surface area contributed by atoms with Gasteiger partial charge in [0.15, 0.2) is 0 Å². The molecule has 4 rings (SSSR count). The zero-order valence-corrected chi connectivity index (χ0v) is 17.9. The van der Waals surface area contributed by atoms with Crippen LogP contribution >= 0.6 is 0 Å². The van der Waals surface area contributed by atoms with E-state index >= 15 is 0 Å². The molecule has 8 heteroatoms. The van der Waals surface area contributed by atoms with Gasteiger partial charge in [-0.15, -0.1) is 0 Å². The van der Waals surface area contributed by atoms with E-state index in [1.54, 1.807) is 7.11 Å². The number of aromatic nitrogens is 2. The maximum absolute atomic E-state index is 12.4. The molecule has 8 nitrogen and oxygen atoms in total. The number of carbonyl (C=O) groups is 1. The van der Waals surface area contributed by atoms with Crippen molar-refractivity contribution in [2.75, 3.05) is 65.4 Å². The summed E-state index contributed by atoms with van der Waals surface area (Å²) in [6, 6.07) is 7.87. The number of hydrogen-bond donors (Lipinski definition) is 0. The molecule has 2 fully saturated rings. The van der Waals surface area contributed by atoms with E-state index < -0.39 is 0 Å². The summed E-state index contributed by atoms with van der Waals surface area (Å²) in [5, 5.41) is 0. The van der Waals surface area contributed by atoms with Crippen LogP contribution in [-0.4, -0.2) is 86.2 Å². The molecule has 0 saturated carbocycles. The van der Waals surface area contributed by atoms with Crippen LogP contribution in [-0.2, 0) is 9.53 Å². The van der Waals surface area contributed by atoms with Crippen molar-refractivity contribution in [3.63, 3.8) is 0 Å². The Kier molecular flexibility index (Phi) is 6.15. The lowest BCUT2D eigenvalue weighted by atomic mass is 10.0. The van der Waals surface area contributed by atoms with Gasteiger partial charge in [-0.3, -0.25) is 9.69 Å². The van der Waals surface area contributed by atoms with E-state index in [4.69, 9.17) is 14.5 Å². The number of rotatable bonds is 6. The molecule has 0 aliphatic carbocycles. The number of amides is 1. The Morgan fingerprint density at radius 3 is 2.63 bits per heavy atom. The van der Waals surface area contributed by atoms with Crippen molar-refractivity contribution in [2.24, 2.45) is 0 Å². The SMILES string of the molecule is COc1ccc(-c2cnc(N(C)C)nc2C2CN(CC(=O)N3CCC3)CCO2)cc1. The first-order valence-electron chi connectivity index (χ1n) is 10.4. The highest BCUT2D eigenvalue weighted by atomic mass is 16.5. The van der Waals surface area contributed by atoms with Crippen LogP contribution in [0, 0.1) is 0 Å². The molecule has 0 radical (unpaired) electrons. The molecule has 2 aliphatic rings. The summed E-state index contributed by atoms with van der Waals surface area (Å²) in [6.45, 7) is 4.15. The summed E-state index contributed by atoms with van der Waals surface area (Å²) in [5.74, 6) is 1.64. The normalized spacial score (nSPS) is 19.3. The van der Waals surface area contributed by atoms with Crippen LogP contribution in [0.15, 0.2) is 30.5 Å². The van der Waals surface area contributed by atoms with Crippen LogP contribution in [0.2, 0.25) is 0 Å². The average Bonchev–Trinajstić information content (AvgIpc) is 2.72. The van der Waals surface area contributed by atoms with E-state index in [9.17, 15) is 4.79 Å². The molecule has 2 aliphatic heterocycles. The molecule has 2 saturated heterocycles. The number of likely N-dealkylation sites (tertiary alicyclic amines) is 1. The predicted octanol–water partition coefficient (Wildman–Crippen LogP) is 1.82. The van der Waals surface area contributed by atoms with E-state index in [2.05, 4.69) is 9.88 Å². The molecule has 3 heterocycles. The second-order valence-corrected chi connectivity index (χ2v) is 7.92. The third-order valence-electron chi connectivity index (χ3n) is 5.63. The first kappa shape index (κ1) is 20.6. The molecule has 1 unspecified atom stereocenters. The molecule has 1 aromatic carbocycles. The first-order valence-corrected chi connectivity index (χ1v) is 10.4. The van der Waals surface area contributed by atoms with E-state index in [0.29, 0.717) is 25.6 Å². The zero-order chi connectivity index (χ0) is 21.1. The molecule has 2 aromatic rings. The number of nitrogens with zero attached hydrogens (tertiary/aromatic N) is 5. The quantitative estimate of drug-likeness (QED) is 0.718. The second kappa shape index (κ2) is 8.97. The number of carbonyl (C=O) groups excluding carboxylic acids is 1. The summed E-state index contributed by atoms with van der Waals surface area (Å²) >= 11 is 0. The minimum atomic E-state index is -0.221. The number of methoxy groups -OCH3 is 1. The van der Waals surface area contributed by atoms with Crippen LogP contribution in [0.25, 0.3) is 11.1 Å². The third kappa shape index (κ3) is 4.39. The Bertz CT molecular complexity index is 883. The van der Waals surface area contributed by atoms with Crippen molar-refractivity contribution in [1.29, 1.82) is 0 Å². The fourth-order valence-electron chi connectivity index (χ4n) is 3.71. The van der Waals surface area contributed by atoms with Crippen LogP contribution < -0.4 is 9.64 Å². The van der Waals surface area contributed by atoms with Gasteiger partial charge in [0.25, 0.3) is 0 Å². The van der Waals surface area contributed by atoms with Crippen molar-refractivity contribution in [3.05, 3.63) is 36.2 Å². The molecule has 30 heavy (non-hydrogen) atoms. The molecule has 0 spiro atoms. The van der Waals surface area contributed by atoms with Crippen LogP contribution in [0.3, 0.4) is 0 Å². The number of ether oxygens (including phenoxy) is 2. The molecular formula is C22H29N5O3. The lowest BCUT2D eigenvalue weighted by molar-refractivity contribution is -0.137. The molecule has 1 atom stereocenters. The monoisotopic (exact) mass is 411 g/mol. The van der Waals surface area contributed by atoms with Crippen molar-refractivity contribution < 1.29 is 14.3 Å². The number of anilines is 1. The second-order valence-electron chi connectivity index (χ2n) is 7.92. The number of morpholine rings is 1. The maximum Gasteiger partial charge on any atom is 0.236 e. The summed E-state index contributed by atoms with van der Waals surface area (Å²) in [6.07, 6.45) is 2.74. The van der Waals surface area contributed by atoms with Gasteiger partial charge < -0.3 is 19.3 Å². The summed E-state index contributed by atoms with van der Waals surface area (Å²) in [5.41, 5.74) is 2.79. The Morgan fingerprint density at radius 1 is 1.23 bits per heavy atom. The van der Waals surface area contributed by atoms with Crippen molar-refractivity contribution in [1.82, 2.24) is 19.8 Å². The Hall–Kier alpha value is -2.71. The van der Waals surface area contributed by atoms with Gasteiger partial charge in [0.1, 0.15) is 11.9 Å². The highest BCUT2D eigenvalue weighted by molar-refractivity contribution is 5.79. The zero-order valence-electron chi connectivity index (χ0n) is 17.9. The Labute approximate surface area is 177 Å². The van der Waals surface area contributed by atoms with Gasteiger partial charge in [0.05, 0.1) is 26.0 Å². The fourth-order valence-corrected chi connectivity index (χ4v) is 3.71. The largest absolute Gasteiger partial charge is 0.497 e. The van der Waals surface area contributed by atoms with E-state index in [0.717, 1.165) is 48.6 Å². The van der Waals surface area contributed by atoms with Crippen molar-refractivity contribution in [2.45, 2.75) is 12.5 Å². The number of benzene rings is 1. The smallest absolute Gasteiger partial charge is 0.236 e. The van der Waals surface area contributed by atoms with E-state index in [1.165, 1.54) is 0 Å². The van der Waals surface area contributed by atoms with Crippen LogP contribution in [0.4, 0.5) is 5.95 Å². The topological polar surface area (TPSA) is 71.0 Å². The molecular weight excluding hydrogens is 382 g/mol. The minimum absolute atomic E-state index is 0.203. The Morgan fingerprint density at radius 2 is 2.00 bits per heavy atom. The average molecular weight is 412 g/mol. The Balaban J connectivity index is 1.59. The van der Waals surface area contributed by atoms with Gasteiger partial charge in [-0.25, -0.2) is 9.97 Å². The van der Waals surface area contributed by atoms with E-state index in [1.807, 2.05) is 54.4 Å². The van der Waals surface area contributed by atoms with Gasteiger partial charge in [-0.2, -0.15) is 0 Å². The highest BCUT2D eigenvalue weighted by Gasteiger charge is 2.29. The highest BCUT2D eigenvalue weighted by Crippen LogP contribution is 2.32. The molecule has 160 valence electrons. The van der Waals surface area contributed by atoms with Gasteiger partial charge >= 0.3 is 0 Å². The van der Waals surface area contributed by atoms with E-state index in [-0.39, 0.29) is 12.0 Å². The summed E-state index contributed by atoms with van der Waals surface area (Å²) in [4.78, 5) is 27.7. The first-order chi connectivity index (χ1) is 14.5. The molecule has 1 amide bonds. The maximum atomic E-state index is 12.4. The molecule has 1 aromatic heterocycles. The molecule has 0 bridgehead atoms. The minimum Gasteiger partial charge on any atom is -0.497 e. The van der Waals surface area contributed by atoms with Gasteiger partial charge in [-0.1, -0.05) is 12.1 Å². The standard InChI is InChI=1S/C22H29N5O3/c1-25(2)22-23-13-18(16-5-7-17(29-3)8-6-16)21(24-22)19-14-26(11-12-30-19)15-20(28)27-9-4-10-27/h5-8,13,19H,4,9-12,14-15H2,1-3H3. The van der Waals surface area contributed by atoms with Gasteiger partial charge in [0.2, 0.25) is 11.9 Å². The fraction of sp³-hybridized carbons (Fsp3) is 0.500. The predicted molar refractivity (Wildman–Crippen MR) is 115 cm³/mol. The van der Waals surface area contributed by atoms with Gasteiger partial charge in [0, 0.05) is 52.0 Å². The lowest BCUT2D eigenvalue weighted by Crippen LogP contribution is -2.49. The lowest BCUT2D eigenvalue weighted by Gasteiger charge is -2.36. The molecule has 0 N–H and O–H groups in total. The summed E-state index contributed by atoms with van der Waals surface area (Å²) < 4.78 is 11.4. The summed E-state index contributed by atoms with van der Waals surface area (Å²) in [7, 11) is 5.50. The van der Waals surface area contributed by atoms with Crippen molar-refractivity contribution in [3.8, 4) is 16.9 Å². The van der Waals surface area contributed by atoms with Crippen molar-refractivity contribution >= 4 is 11.9 Å². The van der Waals surface area contributed by atoms with Crippen LogP contribution in [0.1, 0.15) is 18.2 Å². The van der Waals surface area contributed by atoms with Crippen LogP contribution in [0.5, 0.6) is 5.75 Å². The van der Waals surface area contributed by atoms with Gasteiger partial charge in [-0.05, 0) is 24.1 Å². The number of hydrogen-bond acceptors (Lipinski definition) is 7.